The molecule has 0 aliphatic heterocycles. The van der Waals surface area contributed by atoms with Crippen molar-refractivity contribution in [1.29, 1.82) is 0 Å². The molecule has 1 aromatic heterocycles. The number of halogens is 3. The molecule has 0 saturated heterocycles. The summed E-state index contributed by atoms with van der Waals surface area (Å²) >= 11 is 0. The second-order valence-electron chi connectivity index (χ2n) is 3.45. The molecule has 1 heterocycles. The zero-order valence-corrected chi connectivity index (χ0v) is 8.59. The van der Waals surface area contributed by atoms with Crippen LogP contribution in [0.2, 0.25) is 0 Å². The molecule has 0 aliphatic carbocycles. The first-order valence-electron chi connectivity index (χ1n) is 4.76. The van der Waals surface area contributed by atoms with E-state index in [1.807, 2.05) is 0 Å². The summed E-state index contributed by atoms with van der Waals surface area (Å²) in [6, 6.07) is 3.71. The van der Waals surface area contributed by atoms with E-state index in [0.717, 1.165) is 0 Å². The summed E-state index contributed by atoms with van der Waals surface area (Å²) in [6.45, 7) is 0. The highest BCUT2D eigenvalue weighted by Crippen LogP contribution is 2.30. The first-order chi connectivity index (χ1) is 7.98. The van der Waals surface area contributed by atoms with Gasteiger partial charge in [-0.15, -0.1) is 0 Å². The fourth-order valence-corrected chi connectivity index (χ4v) is 1.36. The van der Waals surface area contributed by atoms with E-state index in [-0.39, 0.29) is 5.56 Å². The van der Waals surface area contributed by atoms with Crippen LogP contribution < -0.4 is 5.73 Å². The smallest absolute Gasteiger partial charge is 0.316 e. The Hall–Kier alpha value is -1.89. The van der Waals surface area contributed by atoms with E-state index in [4.69, 9.17) is 5.73 Å². The first-order valence-corrected chi connectivity index (χ1v) is 4.76. The van der Waals surface area contributed by atoms with Crippen LogP contribution in [0, 0.1) is 0 Å². The van der Waals surface area contributed by atoms with Gasteiger partial charge in [-0.3, -0.25) is 0 Å². The molecule has 0 bridgehead atoms. The van der Waals surface area contributed by atoms with Crippen molar-refractivity contribution in [3.63, 3.8) is 0 Å². The average molecular weight is 242 g/mol. The van der Waals surface area contributed by atoms with Gasteiger partial charge in [0.25, 0.3) is 0 Å². The Morgan fingerprint density at radius 3 is 2.29 bits per heavy atom. The molecule has 0 aliphatic rings. The van der Waals surface area contributed by atoms with Gasteiger partial charge in [0, 0.05) is 0 Å². The molecule has 1 aromatic carbocycles. The van der Waals surface area contributed by atoms with Gasteiger partial charge < -0.3 is 5.73 Å². The van der Waals surface area contributed by atoms with Crippen LogP contribution in [0.5, 0.6) is 0 Å². The fraction of sp³-hybridized carbons (Fsp3) is 0.200. The van der Waals surface area contributed by atoms with E-state index in [1.54, 1.807) is 0 Å². The molecular formula is C10H9F3N4. The molecule has 90 valence electrons. The molecule has 2 N–H and O–H groups in total. The van der Waals surface area contributed by atoms with Crippen LogP contribution in [0.25, 0.3) is 5.69 Å². The summed E-state index contributed by atoms with van der Waals surface area (Å²) in [5.74, 6) is 0. The minimum atomic E-state index is -4.44. The molecule has 0 saturated carbocycles. The maximum Gasteiger partial charge on any atom is 0.407 e. The summed E-state index contributed by atoms with van der Waals surface area (Å²) in [7, 11) is 0. The Bertz CT molecular complexity index is 475. The van der Waals surface area contributed by atoms with Crippen LogP contribution in [0.15, 0.2) is 36.9 Å². The Morgan fingerprint density at radius 2 is 1.82 bits per heavy atom. The van der Waals surface area contributed by atoms with Crippen molar-refractivity contribution in [3.05, 3.63) is 42.5 Å². The van der Waals surface area contributed by atoms with Crippen LogP contribution >= 0.6 is 0 Å². The highest BCUT2D eigenvalue weighted by Gasteiger charge is 2.37. The Labute approximate surface area is 94.9 Å². The predicted molar refractivity (Wildman–Crippen MR) is 54.3 cm³/mol. The predicted octanol–water partition coefficient (Wildman–Crippen LogP) is 1.83. The Balaban J connectivity index is 2.25. The maximum atomic E-state index is 12.4. The van der Waals surface area contributed by atoms with Crippen molar-refractivity contribution in [2.45, 2.75) is 12.2 Å². The minimum Gasteiger partial charge on any atom is -0.316 e. The molecule has 7 heteroatoms. The largest absolute Gasteiger partial charge is 0.407 e. The van der Waals surface area contributed by atoms with Crippen molar-refractivity contribution in [1.82, 2.24) is 14.8 Å². The number of aromatic nitrogens is 3. The first kappa shape index (κ1) is 11.6. The molecule has 0 spiro atoms. The van der Waals surface area contributed by atoms with E-state index in [2.05, 4.69) is 10.1 Å². The molecule has 1 atom stereocenters. The summed E-state index contributed by atoms with van der Waals surface area (Å²) in [4.78, 5) is 3.74. The third-order valence-corrected chi connectivity index (χ3v) is 2.29. The molecule has 0 fully saturated rings. The highest BCUT2D eigenvalue weighted by molar-refractivity contribution is 5.34. The lowest BCUT2D eigenvalue weighted by atomic mass is 10.1. The number of nitrogens with zero attached hydrogens (tertiary/aromatic N) is 3. The second kappa shape index (κ2) is 4.17. The lowest BCUT2D eigenvalue weighted by Crippen LogP contribution is -2.28. The van der Waals surface area contributed by atoms with E-state index >= 15 is 0 Å². The third kappa shape index (κ3) is 2.44. The van der Waals surface area contributed by atoms with E-state index < -0.39 is 12.2 Å². The van der Waals surface area contributed by atoms with Gasteiger partial charge in [-0.1, -0.05) is 12.1 Å². The molecule has 0 radical (unpaired) electrons. The minimum absolute atomic E-state index is 0.0152. The zero-order chi connectivity index (χ0) is 12.5. The van der Waals surface area contributed by atoms with Crippen LogP contribution in [0.4, 0.5) is 13.2 Å². The van der Waals surface area contributed by atoms with Crippen LogP contribution in [0.1, 0.15) is 11.6 Å². The molecular weight excluding hydrogens is 233 g/mol. The van der Waals surface area contributed by atoms with Crippen molar-refractivity contribution in [2.75, 3.05) is 0 Å². The molecule has 2 rings (SSSR count). The number of benzene rings is 1. The number of alkyl halides is 3. The SMILES string of the molecule is N[C@H](c1ccc(-n2cncn2)cc1)C(F)(F)F. The standard InChI is InChI=1S/C10H9F3N4/c11-10(12,13)9(14)7-1-3-8(4-2-7)17-6-15-5-16-17/h1-6,9H,14H2/t9-/m1/s1. The van der Waals surface area contributed by atoms with Crippen LogP contribution in [-0.4, -0.2) is 20.9 Å². The number of nitrogens with two attached hydrogens (primary N) is 1. The summed E-state index contributed by atoms with van der Waals surface area (Å²) < 4.78 is 38.5. The molecule has 0 amide bonds. The number of rotatable bonds is 2. The summed E-state index contributed by atoms with van der Waals surface area (Å²) in [5.41, 5.74) is 5.72. The average Bonchev–Trinajstić information content (AvgIpc) is 2.80. The van der Waals surface area contributed by atoms with Crippen LogP contribution in [0.3, 0.4) is 0 Å². The highest BCUT2D eigenvalue weighted by atomic mass is 19.4. The lowest BCUT2D eigenvalue weighted by molar-refractivity contribution is -0.149. The van der Waals surface area contributed by atoms with Crippen molar-refractivity contribution >= 4 is 0 Å². The topological polar surface area (TPSA) is 56.7 Å². The van der Waals surface area contributed by atoms with Gasteiger partial charge in [-0.05, 0) is 17.7 Å². The maximum absolute atomic E-state index is 12.4. The second-order valence-corrected chi connectivity index (χ2v) is 3.45. The van der Waals surface area contributed by atoms with Crippen molar-refractivity contribution in [2.24, 2.45) is 5.73 Å². The molecule has 0 unspecified atom stereocenters. The summed E-state index contributed by atoms with van der Waals surface area (Å²) in [6.07, 6.45) is -1.64. The van der Waals surface area contributed by atoms with Gasteiger partial charge in [0.1, 0.15) is 18.7 Å². The lowest BCUT2D eigenvalue weighted by Gasteiger charge is -2.15. The molecule has 17 heavy (non-hydrogen) atoms. The number of hydrogen-bond acceptors (Lipinski definition) is 3. The van der Waals surface area contributed by atoms with Gasteiger partial charge in [0.2, 0.25) is 0 Å². The molecule has 2 aromatic rings. The normalized spacial score (nSPS) is 13.6. The van der Waals surface area contributed by atoms with Gasteiger partial charge >= 0.3 is 6.18 Å². The zero-order valence-electron chi connectivity index (χ0n) is 8.59. The van der Waals surface area contributed by atoms with Gasteiger partial charge in [0.15, 0.2) is 0 Å². The monoisotopic (exact) mass is 242 g/mol. The number of hydrogen-bond donors (Lipinski definition) is 1. The Morgan fingerprint density at radius 1 is 1.18 bits per heavy atom. The van der Waals surface area contributed by atoms with Gasteiger partial charge in [0.05, 0.1) is 5.69 Å². The van der Waals surface area contributed by atoms with Gasteiger partial charge in [-0.2, -0.15) is 18.3 Å². The van der Waals surface area contributed by atoms with Crippen molar-refractivity contribution in [3.8, 4) is 5.69 Å². The van der Waals surface area contributed by atoms with E-state index in [9.17, 15) is 13.2 Å². The molecule has 4 nitrogen and oxygen atoms in total. The van der Waals surface area contributed by atoms with Crippen LogP contribution in [-0.2, 0) is 0 Å². The Kier molecular flexibility index (Phi) is 2.84. The third-order valence-electron chi connectivity index (χ3n) is 2.29. The van der Waals surface area contributed by atoms with Gasteiger partial charge in [-0.25, -0.2) is 9.67 Å². The van der Waals surface area contributed by atoms with E-state index in [1.165, 1.54) is 41.6 Å². The van der Waals surface area contributed by atoms with E-state index in [0.29, 0.717) is 5.69 Å². The fourth-order valence-electron chi connectivity index (χ4n) is 1.36. The van der Waals surface area contributed by atoms with Crippen molar-refractivity contribution < 1.29 is 13.2 Å². The summed E-state index contributed by atoms with van der Waals surface area (Å²) in [5, 5.41) is 3.86. The quantitative estimate of drug-likeness (QED) is 0.874.